The number of halogens is 1. The molecule has 0 spiro atoms. The molecule has 144 valence electrons. The van der Waals surface area contributed by atoms with Crippen molar-refractivity contribution in [3.63, 3.8) is 0 Å². The predicted octanol–water partition coefficient (Wildman–Crippen LogP) is 3.71. The lowest BCUT2D eigenvalue weighted by atomic mass is 10.1. The molecule has 29 heavy (non-hydrogen) atoms. The van der Waals surface area contributed by atoms with Gasteiger partial charge in [0.25, 0.3) is 5.91 Å². The first kappa shape index (κ1) is 17.5. The first-order valence-corrected chi connectivity index (χ1v) is 9.32. The monoisotopic (exact) mass is 406 g/mol. The van der Waals surface area contributed by atoms with Gasteiger partial charge in [-0.2, -0.15) is 5.10 Å². The number of hydrogen-bond acceptors (Lipinski definition) is 5. The summed E-state index contributed by atoms with van der Waals surface area (Å²) in [7, 11) is 0. The van der Waals surface area contributed by atoms with Crippen LogP contribution in [-0.2, 0) is 6.54 Å². The van der Waals surface area contributed by atoms with E-state index in [1.807, 2.05) is 48.5 Å². The second-order valence-corrected chi connectivity index (χ2v) is 6.94. The average Bonchev–Trinajstić information content (AvgIpc) is 3.39. The minimum absolute atomic E-state index is 0.217. The van der Waals surface area contributed by atoms with Crippen molar-refractivity contribution >= 4 is 23.2 Å². The van der Waals surface area contributed by atoms with Gasteiger partial charge in [-0.25, -0.2) is 9.50 Å². The van der Waals surface area contributed by atoms with Gasteiger partial charge in [-0.05, 0) is 35.9 Å². The van der Waals surface area contributed by atoms with Crippen LogP contribution in [0.3, 0.4) is 0 Å². The standard InChI is InChI=1S/C21H15ClN4O3/c22-15-4-2-14(3-5-15)17-7-8-23-20-16(11-25-26(17)20)21(27)24-10-13-1-6-18-19(9-13)29-12-28-18/h1-9,11H,10,12H2,(H,24,27). The Bertz CT molecular complexity index is 1220. The number of benzene rings is 2. The van der Waals surface area contributed by atoms with E-state index in [1.54, 1.807) is 10.7 Å². The van der Waals surface area contributed by atoms with E-state index >= 15 is 0 Å². The summed E-state index contributed by atoms with van der Waals surface area (Å²) in [6.45, 7) is 0.568. The van der Waals surface area contributed by atoms with Gasteiger partial charge in [-0.1, -0.05) is 29.8 Å². The Kier molecular flexibility index (Phi) is 4.29. The normalized spacial score (nSPS) is 12.3. The molecule has 0 radical (unpaired) electrons. The molecule has 2 aromatic heterocycles. The van der Waals surface area contributed by atoms with Crippen molar-refractivity contribution < 1.29 is 14.3 Å². The molecule has 0 saturated heterocycles. The molecular weight excluding hydrogens is 392 g/mol. The largest absolute Gasteiger partial charge is 0.454 e. The molecule has 1 aliphatic rings. The Morgan fingerprint density at radius 1 is 1.10 bits per heavy atom. The highest BCUT2D eigenvalue weighted by molar-refractivity contribution is 6.30. The molecule has 7 nitrogen and oxygen atoms in total. The number of amides is 1. The van der Waals surface area contributed by atoms with Gasteiger partial charge in [0.1, 0.15) is 5.56 Å². The molecule has 3 heterocycles. The zero-order valence-electron chi connectivity index (χ0n) is 15.1. The van der Waals surface area contributed by atoms with Crippen molar-refractivity contribution in [3.8, 4) is 22.8 Å². The maximum atomic E-state index is 12.7. The Balaban J connectivity index is 1.39. The van der Waals surface area contributed by atoms with Crippen LogP contribution in [0, 0.1) is 0 Å². The first-order valence-electron chi connectivity index (χ1n) is 8.94. The van der Waals surface area contributed by atoms with Crippen molar-refractivity contribution in [1.29, 1.82) is 0 Å². The summed E-state index contributed by atoms with van der Waals surface area (Å²) in [5.74, 6) is 1.14. The number of carbonyl (C=O) groups excluding carboxylic acids is 1. The molecule has 0 bridgehead atoms. The third kappa shape index (κ3) is 3.25. The Morgan fingerprint density at radius 2 is 1.93 bits per heavy atom. The van der Waals surface area contributed by atoms with E-state index < -0.39 is 0 Å². The van der Waals surface area contributed by atoms with Crippen LogP contribution in [0.1, 0.15) is 15.9 Å². The van der Waals surface area contributed by atoms with Crippen molar-refractivity contribution in [3.05, 3.63) is 77.1 Å². The molecule has 0 aliphatic carbocycles. The molecule has 5 rings (SSSR count). The highest BCUT2D eigenvalue weighted by Crippen LogP contribution is 2.32. The van der Waals surface area contributed by atoms with Gasteiger partial charge in [0, 0.05) is 23.3 Å². The lowest BCUT2D eigenvalue weighted by Gasteiger charge is -2.07. The summed E-state index contributed by atoms with van der Waals surface area (Å²) in [5.41, 5.74) is 3.55. The van der Waals surface area contributed by atoms with E-state index in [-0.39, 0.29) is 12.7 Å². The van der Waals surface area contributed by atoms with Crippen LogP contribution >= 0.6 is 11.6 Å². The van der Waals surface area contributed by atoms with Crippen LogP contribution < -0.4 is 14.8 Å². The molecular formula is C21H15ClN4O3. The minimum Gasteiger partial charge on any atom is -0.454 e. The molecule has 0 saturated carbocycles. The Hall–Kier alpha value is -3.58. The van der Waals surface area contributed by atoms with Crippen molar-refractivity contribution in [2.75, 3.05) is 6.79 Å². The maximum absolute atomic E-state index is 12.7. The number of nitrogens with one attached hydrogen (secondary N) is 1. The summed E-state index contributed by atoms with van der Waals surface area (Å²) in [5, 5.41) is 7.93. The van der Waals surface area contributed by atoms with Crippen molar-refractivity contribution in [2.24, 2.45) is 0 Å². The molecule has 8 heteroatoms. The summed E-state index contributed by atoms with van der Waals surface area (Å²) in [6.07, 6.45) is 3.19. The number of hydrogen-bond donors (Lipinski definition) is 1. The predicted molar refractivity (Wildman–Crippen MR) is 107 cm³/mol. The summed E-state index contributed by atoms with van der Waals surface area (Å²) in [6, 6.07) is 14.8. The summed E-state index contributed by atoms with van der Waals surface area (Å²) < 4.78 is 12.3. The molecule has 1 amide bonds. The third-order valence-electron chi connectivity index (χ3n) is 4.68. The van der Waals surface area contributed by atoms with Gasteiger partial charge in [0.2, 0.25) is 6.79 Å². The van der Waals surface area contributed by atoms with Gasteiger partial charge >= 0.3 is 0 Å². The van der Waals surface area contributed by atoms with Gasteiger partial charge < -0.3 is 14.8 Å². The summed E-state index contributed by atoms with van der Waals surface area (Å²) >= 11 is 5.98. The highest BCUT2D eigenvalue weighted by Gasteiger charge is 2.17. The molecule has 4 aromatic rings. The van der Waals surface area contributed by atoms with Gasteiger partial charge in [-0.15, -0.1) is 0 Å². The topological polar surface area (TPSA) is 77.8 Å². The fourth-order valence-electron chi connectivity index (χ4n) is 3.22. The van der Waals surface area contributed by atoms with Crippen LogP contribution in [0.5, 0.6) is 11.5 Å². The molecule has 1 aliphatic heterocycles. The van der Waals surface area contributed by atoms with Crippen LogP contribution in [0.15, 0.2) is 60.9 Å². The van der Waals surface area contributed by atoms with Crippen LogP contribution in [0.25, 0.3) is 16.9 Å². The average molecular weight is 407 g/mol. The fraction of sp³-hybridized carbons (Fsp3) is 0.0952. The molecule has 0 fully saturated rings. The summed E-state index contributed by atoms with van der Waals surface area (Å²) in [4.78, 5) is 17.1. The number of ether oxygens (including phenoxy) is 2. The number of nitrogens with zero attached hydrogens (tertiary/aromatic N) is 3. The lowest BCUT2D eigenvalue weighted by Crippen LogP contribution is -2.22. The van der Waals surface area contributed by atoms with E-state index in [9.17, 15) is 4.79 Å². The van der Waals surface area contributed by atoms with Gasteiger partial charge in [0.15, 0.2) is 17.1 Å². The Morgan fingerprint density at radius 3 is 2.79 bits per heavy atom. The third-order valence-corrected chi connectivity index (χ3v) is 4.93. The fourth-order valence-corrected chi connectivity index (χ4v) is 3.35. The van der Waals surface area contributed by atoms with Gasteiger partial charge in [0.05, 0.1) is 11.9 Å². The Labute approximate surface area is 170 Å². The highest BCUT2D eigenvalue weighted by atomic mass is 35.5. The zero-order valence-corrected chi connectivity index (χ0v) is 15.9. The maximum Gasteiger partial charge on any atom is 0.257 e. The van der Waals surface area contributed by atoms with Crippen molar-refractivity contribution in [2.45, 2.75) is 6.54 Å². The van der Waals surface area contributed by atoms with E-state index in [1.165, 1.54) is 6.20 Å². The van der Waals surface area contributed by atoms with Crippen LogP contribution in [0.4, 0.5) is 0 Å². The second-order valence-electron chi connectivity index (χ2n) is 6.50. The first-order chi connectivity index (χ1) is 14.2. The number of aromatic nitrogens is 3. The van der Waals surface area contributed by atoms with Gasteiger partial charge in [-0.3, -0.25) is 4.79 Å². The second kappa shape index (κ2) is 7.10. The van der Waals surface area contributed by atoms with E-state index in [0.717, 1.165) is 16.8 Å². The number of fused-ring (bicyclic) bond motifs is 2. The molecule has 1 N–H and O–H groups in total. The lowest BCUT2D eigenvalue weighted by molar-refractivity contribution is 0.0952. The van der Waals surface area contributed by atoms with Crippen LogP contribution in [-0.4, -0.2) is 27.3 Å². The van der Waals surface area contributed by atoms with Crippen molar-refractivity contribution in [1.82, 2.24) is 19.9 Å². The quantitative estimate of drug-likeness (QED) is 0.559. The minimum atomic E-state index is -0.251. The van der Waals surface area contributed by atoms with Crippen LogP contribution in [0.2, 0.25) is 5.02 Å². The molecule has 0 atom stereocenters. The zero-order chi connectivity index (χ0) is 19.8. The van der Waals surface area contributed by atoms with E-state index in [0.29, 0.717) is 34.3 Å². The number of rotatable bonds is 4. The van der Waals surface area contributed by atoms with E-state index in [4.69, 9.17) is 21.1 Å². The smallest absolute Gasteiger partial charge is 0.257 e. The molecule has 2 aromatic carbocycles. The molecule has 0 unspecified atom stereocenters. The SMILES string of the molecule is O=C(NCc1ccc2c(c1)OCO2)c1cnn2c(-c3ccc(Cl)cc3)ccnc12. The number of carbonyl (C=O) groups is 1. The van der Waals surface area contributed by atoms with E-state index in [2.05, 4.69) is 15.4 Å².